The fourth-order valence-corrected chi connectivity index (χ4v) is 3.81. The van der Waals surface area contributed by atoms with E-state index in [-0.39, 0.29) is 18.4 Å². The van der Waals surface area contributed by atoms with E-state index in [0.717, 1.165) is 43.6 Å². The molecule has 0 bridgehead atoms. The van der Waals surface area contributed by atoms with E-state index in [1.54, 1.807) is 0 Å². The molecule has 1 aliphatic rings. The maximum Gasteiger partial charge on any atom is 0.226 e. The number of amides is 1. The van der Waals surface area contributed by atoms with Gasteiger partial charge < -0.3 is 14.8 Å². The highest BCUT2D eigenvalue weighted by atomic mass is 16.4. The van der Waals surface area contributed by atoms with Gasteiger partial charge in [0.15, 0.2) is 0 Å². The zero-order valence-electron chi connectivity index (χ0n) is 17.9. The van der Waals surface area contributed by atoms with Crippen LogP contribution in [0.3, 0.4) is 0 Å². The number of carbonyl (C=O) groups is 1. The van der Waals surface area contributed by atoms with Gasteiger partial charge in [-0.1, -0.05) is 42.5 Å². The SMILES string of the molecule is Cc1oc(-c2ccccc2)nc1CC(=O)NCc1ccc(CN2CCC(O)CC2)cc1. The minimum absolute atomic E-state index is 0.0769. The van der Waals surface area contributed by atoms with E-state index in [4.69, 9.17) is 4.42 Å². The summed E-state index contributed by atoms with van der Waals surface area (Å²) in [4.78, 5) is 19.3. The summed E-state index contributed by atoms with van der Waals surface area (Å²) in [6, 6.07) is 18.0. The van der Waals surface area contributed by atoms with Crippen LogP contribution in [0.15, 0.2) is 59.0 Å². The average molecular weight is 420 g/mol. The molecule has 6 heteroatoms. The molecule has 1 amide bonds. The number of aliphatic hydroxyl groups is 1. The van der Waals surface area contributed by atoms with Gasteiger partial charge >= 0.3 is 0 Å². The lowest BCUT2D eigenvalue weighted by Crippen LogP contribution is -2.35. The van der Waals surface area contributed by atoms with Gasteiger partial charge in [0.2, 0.25) is 11.8 Å². The van der Waals surface area contributed by atoms with Crippen molar-refractivity contribution in [2.45, 2.75) is 45.4 Å². The monoisotopic (exact) mass is 419 g/mol. The number of aryl methyl sites for hydroxylation is 1. The highest BCUT2D eigenvalue weighted by Crippen LogP contribution is 2.21. The molecule has 162 valence electrons. The lowest BCUT2D eigenvalue weighted by Gasteiger charge is -2.29. The number of piperidine rings is 1. The van der Waals surface area contributed by atoms with Crippen LogP contribution in [0.1, 0.15) is 35.4 Å². The second-order valence-electron chi connectivity index (χ2n) is 8.17. The molecule has 0 saturated carbocycles. The Morgan fingerprint density at radius 1 is 1.10 bits per heavy atom. The highest BCUT2D eigenvalue weighted by molar-refractivity contribution is 5.78. The minimum Gasteiger partial charge on any atom is -0.441 e. The van der Waals surface area contributed by atoms with Crippen LogP contribution < -0.4 is 5.32 Å². The van der Waals surface area contributed by atoms with Crippen molar-refractivity contribution in [3.8, 4) is 11.5 Å². The fourth-order valence-electron chi connectivity index (χ4n) is 3.81. The van der Waals surface area contributed by atoms with Crippen LogP contribution in [-0.4, -0.2) is 40.1 Å². The zero-order chi connectivity index (χ0) is 21.6. The third-order valence-electron chi connectivity index (χ3n) is 5.72. The molecule has 2 N–H and O–H groups in total. The van der Waals surface area contributed by atoms with Gasteiger partial charge in [0.25, 0.3) is 0 Å². The summed E-state index contributed by atoms with van der Waals surface area (Å²) in [6.07, 6.45) is 1.75. The Kier molecular flexibility index (Phi) is 6.79. The molecule has 0 aliphatic carbocycles. The van der Waals surface area contributed by atoms with Gasteiger partial charge in [-0.05, 0) is 43.0 Å². The molecule has 3 aromatic rings. The predicted molar refractivity (Wildman–Crippen MR) is 119 cm³/mol. The van der Waals surface area contributed by atoms with E-state index in [0.29, 0.717) is 23.9 Å². The van der Waals surface area contributed by atoms with Crippen LogP contribution in [0.25, 0.3) is 11.5 Å². The Morgan fingerprint density at radius 2 is 1.77 bits per heavy atom. The van der Waals surface area contributed by atoms with Crippen molar-refractivity contribution >= 4 is 5.91 Å². The number of nitrogens with zero attached hydrogens (tertiary/aromatic N) is 2. The standard InChI is InChI=1S/C25H29N3O3/c1-18-23(27-25(31-18)21-5-3-2-4-6-21)15-24(30)26-16-19-7-9-20(10-8-19)17-28-13-11-22(29)12-14-28/h2-10,22,29H,11-17H2,1H3,(H,26,30). The number of aliphatic hydroxyl groups excluding tert-OH is 1. The first-order valence-electron chi connectivity index (χ1n) is 10.8. The van der Waals surface area contributed by atoms with E-state index < -0.39 is 0 Å². The molecule has 1 fully saturated rings. The molecule has 1 saturated heterocycles. The second kappa shape index (κ2) is 9.90. The normalized spacial score (nSPS) is 15.2. The van der Waals surface area contributed by atoms with Gasteiger partial charge in [0.05, 0.1) is 18.2 Å². The molecule has 31 heavy (non-hydrogen) atoms. The van der Waals surface area contributed by atoms with E-state index in [9.17, 15) is 9.90 Å². The Labute approximate surface area is 182 Å². The number of benzene rings is 2. The van der Waals surface area contributed by atoms with E-state index in [2.05, 4.69) is 39.5 Å². The first kappa shape index (κ1) is 21.3. The van der Waals surface area contributed by atoms with Gasteiger partial charge in [-0.2, -0.15) is 0 Å². The van der Waals surface area contributed by atoms with Crippen molar-refractivity contribution in [3.63, 3.8) is 0 Å². The summed E-state index contributed by atoms with van der Waals surface area (Å²) in [5.74, 6) is 1.13. The third-order valence-corrected chi connectivity index (χ3v) is 5.72. The zero-order valence-corrected chi connectivity index (χ0v) is 17.9. The van der Waals surface area contributed by atoms with Crippen LogP contribution in [0.4, 0.5) is 0 Å². The molecule has 0 unspecified atom stereocenters. The van der Waals surface area contributed by atoms with Crippen molar-refractivity contribution in [1.29, 1.82) is 0 Å². The Bertz CT molecular complexity index is 991. The number of hydrogen-bond acceptors (Lipinski definition) is 5. The van der Waals surface area contributed by atoms with Crippen LogP contribution >= 0.6 is 0 Å². The summed E-state index contributed by atoms with van der Waals surface area (Å²) < 4.78 is 5.74. The molecule has 1 aliphatic heterocycles. The molecule has 0 radical (unpaired) electrons. The van der Waals surface area contributed by atoms with Gasteiger partial charge in [-0.25, -0.2) is 4.98 Å². The van der Waals surface area contributed by atoms with E-state index >= 15 is 0 Å². The van der Waals surface area contributed by atoms with E-state index in [1.165, 1.54) is 5.56 Å². The molecular weight excluding hydrogens is 390 g/mol. The molecular formula is C25H29N3O3. The first-order chi connectivity index (χ1) is 15.1. The van der Waals surface area contributed by atoms with Gasteiger partial charge in [0.1, 0.15) is 5.76 Å². The molecule has 1 aromatic heterocycles. The largest absolute Gasteiger partial charge is 0.441 e. The van der Waals surface area contributed by atoms with Crippen LogP contribution in [0.5, 0.6) is 0 Å². The Morgan fingerprint density at radius 3 is 2.48 bits per heavy atom. The number of rotatable bonds is 7. The van der Waals surface area contributed by atoms with Crippen LogP contribution in [0, 0.1) is 6.92 Å². The number of carbonyl (C=O) groups excluding carboxylic acids is 1. The quantitative estimate of drug-likeness (QED) is 0.613. The van der Waals surface area contributed by atoms with Crippen molar-refractivity contribution < 1.29 is 14.3 Å². The number of oxazole rings is 1. The van der Waals surface area contributed by atoms with Gasteiger partial charge in [-0.3, -0.25) is 9.69 Å². The maximum absolute atomic E-state index is 12.4. The summed E-state index contributed by atoms with van der Waals surface area (Å²) in [5, 5.41) is 12.6. The Hall–Kier alpha value is -2.96. The molecule has 4 rings (SSSR count). The first-order valence-corrected chi connectivity index (χ1v) is 10.8. The average Bonchev–Trinajstić information content (AvgIpc) is 3.15. The smallest absolute Gasteiger partial charge is 0.226 e. The summed E-state index contributed by atoms with van der Waals surface area (Å²) >= 11 is 0. The number of hydrogen-bond donors (Lipinski definition) is 2. The van der Waals surface area contributed by atoms with Gasteiger partial charge in [0, 0.05) is 31.7 Å². The number of nitrogens with one attached hydrogen (secondary N) is 1. The molecule has 2 heterocycles. The molecule has 6 nitrogen and oxygen atoms in total. The van der Waals surface area contributed by atoms with Crippen molar-refractivity contribution in [2.75, 3.05) is 13.1 Å². The number of aromatic nitrogens is 1. The van der Waals surface area contributed by atoms with E-state index in [1.807, 2.05) is 37.3 Å². The topological polar surface area (TPSA) is 78.6 Å². The Balaban J connectivity index is 1.27. The van der Waals surface area contributed by atoms with Crippen molar-refractivity contribution in [1.82, 2.24) is 15.2 Å². The lowest BCUT2D eigenvalue weighted by atomic mass is 10.1. The highest BCUT2D eigenvalue weighted by Gasteiger charge is 2.17. The summed E-state index contributed by atoms with van der Waals surface area (Å²) in [5.41, 5.74) is 3.88. The predicted octanol–water partition coefficient (Wildman–Crippen LogP) is 3.47. The minimum atomic E-state index is -0.145. The number of likely N-dealkylation sites (tertiary alicyclic amines) is 1. The van der Waals surface area contributed by atoms with Crippen LogP contribution in [0.2, 0.25) is 0 Å². The van der Waals surface area contributed by atoms with Crippen molar-refractivity contribution in [2.24, 2.45) is 0 Å². The molecule has 0 atom stereocenters. The van der Waals surface area contributed by atoms with Crippen LogP contribution in [-0.2, 0) is 24.3 Å². The third kappa shape index (κ3) is 5.81. The second-order valence-corrected chi connectivity index (χ2v) is 8.17. The summed E-state index contributed by atoms with van der Waals surface area (Å²) in [7, 11) is 0. The van der Waals surface area contributed by atoms with Gasteiger partial charge in [-0.15, -0.1) is 0 Å². The maximum atomic E-state index is 12.4. The lowest BCUT2D eigenvalue weighted by molar-refractivity contribution is -0.120. The molecule has 2 aromatic carbocycles. The fraction of sp³-hybridized carbons (Fsp3) is 0.360. The summed E-state index contributed by atoms with van der Waals surface area (Å²) in [6.45, 7) is 5.09. The molecule has 0 spiro atoms. The van der Waals surface area contributed by atoms with Crippen molar-refractivity contribution in [3.05, 3.63) is 77.2 Å².